The Morgan fingerprint density at radius 3 is 2.47 bits per heavy atom. The second kappa shape index (κ2) is 8.90. The zero-order valence-electron chi connectivity index (χ0n) is 8.60. The number of rotatable bonds is 9. The number of hydroxylamine groups is 1. The fraction of sp³-hybridized carbons (Fsp3) is 1.00. The second-order valence-corrected chi connectivity index (χ2v) is 2.76. The van der Waals surface area contributed by atoms with Gasteiger partial charge < -0.3 is 9.47 Å². The van der Waals surface area contributed by atoms with Gasteiger partial charge in [-0.05, 0) is 6.42 Å². The van der Waals surface area contributed by atoms with E-state index < -0.39 is 12.8 Å². The number of alkyl halides is 3. The molecule has 92 valence electrons. The first kappa shape index (κ1) is 14.6. The van der Waals surface area contributed by atoms with Crippen LogP contribution >= 0.6 is 0 Å². The highest BCUT2D eigenvalue weighted by atomic mass is 19.4. The summed E-state index contributed by atoms with van der Waals surface area (Å²) in [6, 6.07) is 0. The highest BCUT2D eigenvalue weighted by Gasteiger charge is 2.27. The van der Waals surface area contributed by atoms with Gasteiger partial charge in [0, 0.05) is 20.3 Å². The average Bonchev–Trinajstić information content (AvgIpc) is 2.14. The van der Waals surface area contributed by atoms with Gasteiger partial charge in [-0.15, -0.1) is 0 Å². The lowest BCUT2D eigenvalue weighted by molar-refractivity contribution is -0.189. The van der Waals surface area contributed by atoms with Crippen molar-refractivity contribution in [1.82, 2.24) is 5.48 Å². The summed E-state index contributed by atoms with van der Waals surface area (Å²) in [5.74, 6) is 0. The Hall–Kier alpha value is -0.370. The molecule has 0 radical (unpaired) electrons. The van der Waals surface area contributed by atoms with Crippen molar-refractivity contribution >= 4 is 0 Å². The van der Waals surface area contributed by atoms with E-state index in [0.717, 1.165) is 0 Å². The highest BCUT2D eigenvalue weighted by molar-refractivity contribution is 4.44. The summed E-state index contributed by atoms with van der Waals surface area (Å²) in [4.78, 5) is 4.17. The van der Waals surface area contributed by atoms with Gasteiger partial charge in [0.2, 0.25) is 0 Å². The fourth-order valence-electron chi connectivity index (χ4n) is 0.696. The van der Waals surface area contributed by atoms with E-state index in [1.54, 1.807) is 7.11 Å². The van der Waals surface area contributed by atoms with Crippen LogP contribution in [0.15, 0.2) is 0 Å². The maximum absolute atomic E-state index is 11.6. The molecule has 0 fully saturated rings. The first-order valence-corrected chi connectivity index (χ1v) is 4.54. The molecule has 0 aliphatic heterocycles. The summed E-state index contributed by atoms with van der Waals surface area (Å²) in [6.07, 6.45) is -3.70. The minimum absolute atomic E-state index is 0.322. The molecule has 0 saturated carbocycles. The van der Waals surface area contributed by atoms with Crippen molar-refractivity contribution in [2.75, 3.05) is 40.1 Å². The number of halogens is 3. The van der Waals surface area contributed by atoms with Gasteiger partial charge in [0.1, 0.15) is 0 Å². The predicted molar refractivity (Wildman–Crippen MR) is 47.3 cm³/mol. The molecular formula is C8H16F3NO3. The van der Waals surface area contributed by atoms with Gasteiger partial charge in [0.15, 0.2) is 6.61 Å². The Bertz CT molecular complexity index is 144. The molecule has 0 aromatic heterocycles. The van der Waals surface area contributed by atoms with Gasteiger partial charge in [-0.25, -0.2) is 5.48 Å². The van der Waals surface area contributed by atoms with Gasteiger partial charge in [0.25, 0.3) is 0 Å². The molecule has 15 heavy (non-hydrogen) atoms. The van der Waals surface area contributed by atoms with Crippen LogP contribution in [0.5, 0.6) is 0 Å². The van der Waals surface area contributed by atoms with Crippen LogP contribution < -0.4 is 5.48 Å². The van der Waals surface area contributed by atoms with Gasteiger partial charge in [-0.3, -0.25) is 4.84 Å². The zero-order valence-corrected chi connectivity index (χ0v) is 8.60. The average molecular weight is 231 g/mol. The molecule has 0 amide bonds. The van der Waals surface area contributed by atoms with Crippen molar-refractivity contribution in [2.45, 2.75) is 12.6 Å². The Balaban J connectivity index is 2.99. The maximum Gasteiger partial charge on any atom is 0.413 e. The van der Waals surface area contributed by atoms with E-state index in [-0.39, 0.29) is 0 Å². The topological polar surface area (TPSA) is 39.7 Å². The summed E-state index contributed by atoms with van der Waals surface area (Å²) in [5, 5.41) is 0. The minimum Gasteiger partial charge on any atom is -0.382 e. The summed E-state index contributed by atoms with van der Waals surface area (Å²) in [5.41, 5.74) is 2.20. The normalized spacial score (nSPS) is 12.0. The van der Waals surface area contributed by atoms with Crippen LogP contribution in [-0.4, -0.2) is 46.3 Å². The Labute approximate surface area is 86.6 Å². The van der Waals surface area contributed by atoms with E-state index in [9.17, 15) is 13.2 Å². The molecular weight excluding hydrogens is 215 g/mol. The fourth-order valence-corrected chi connectivity index (χ4v) is 0.696. The van der Waals surface area contributed by atoms with Crippen LogP contribution in [0.2, 0.25) is 0 Å². The number of ether oxygens (including phenoxy) is 2. The molecule has 0 aliphatic rings. The van der Waals surface area contributed by atoms with E-state index in [0.29, 0.717) is 32.8 Å². The third-order valence-corrected chi connectivity index (χ3v) is 1.34. The quantitative estimate of drug-likeness (QED) is 0.477. The zero-order chi connectivity index (χ0) is 11.6. The lowest BCUT2D eigenvalue weighted by Gasteiger charge is -2.08. The molecule has 0 aliphatic carbocycles. The van der Waals surface area contributed by atoms with Crippen LogP contribution in [0.1, 0.15) is 6.42 Å². The number of nitrogens with one attached hydrogen (secondary N) is 1. The number of methoxy groups -OCH3 is 1. The predicted octanol–water partition coefficient (Wildman–Crippen LogP) is 1.12. The summed E-state index contributed by atoms with van der Waals surface area (Å²) >= 11 is 0. The lowest BCUT2D eigenvalue weighted by Crippen LogP contribution is -2.26. The molecule has 4 nitrogen and oxygen atoms in total. The first-order valence-electron chi connectivity index (χ1n) is 4.54. The van der Waals surface area contributed by atoms with E-state index in [2.05, 4.69) is 10.3 Å². The molecule has 0 aromatic carbocycles. The summed E-state index contributed by atoms with van der Waals surface area (Å²) in [6.45, 7) is 0.504. The van der Waals surface area contributed by atoms with Gasteiger partial charge in [0.05, 0.1) is 13.2 Å². The van der Waals surface area contributed by atoms with Crippen LogP contribution in [-0.2, 0) is 14.3 Å². The largest absolute Gasteiger partial charge is 0.413 e. The van der Waals surface area contributed by atoms with Crippen LogP contribution in [0.25, 0.3) is 0 Å². The highest BCUT2D eigenvalue weighted by Crippen LogP contribution is 2.13. The molecule has 0 unspecified atom stereocenters. The molecule has 0 spiro atoms. The molecule has 0 aromatic rings. The Kier molecular flexibility index (Phi) is 8.68. The smallest absolute Gasteiger partial charge is 0.382 e. The molecule has 1 N–H and O–H groups in total. The summed E-state index contributed by atoms with van der Waals surface area (Å²) < 4.78 is 44.5. The van der Waals surface area contributed by atoms with Crippen LogP contribution in [0.4, 0.5) is 13.2 Å². The van der Waals surface area contributed by atoms with Crippen molar-refractivity contribution in [3.63, 3.8) is 0 Å². The van der Waals surface area contributed by atoms with Gasteiger partial charge in [-0.1, -0.05) is 0 Å². The monoisotopic (exact) mass is 231 g/mol. The third-order valence-electron chi connectivity index (χ3n) is 1.34. The Morgan fingerprint density at radius 2 is 1.87 bits per heavy atom. The van der Waals surface area contributed by atoms with E-state index in [1.807, 2.05) is 0 Å². The third kappa shape index (κ3) is 13.6. The molecule has 0 atom stereocenters. The molecule has 0 bridgehead atoms. The van der Waals surface area contributed by atoms with Crippen molar-refractivity contribution in [3.05, 3.63) is 0 Å². The van der Waals surface area contributed by atoms with Crippen molar-refractivity contribution in [2.24, 2.45) is 0 Å². The van der Waals surface area contributed by atoms with Crippen molar-refractivity contribution in [3.8, 4) is 0 Å². The Morgan fingerprint density at radius 1 is 1.13 bits per heavy atom. The molecule has 0 saturated heterocycles. The maximum atomic E-state index is 11.6. The van der Waals surface area contributed by atoms with Crippen molar-refractivity contribution < 1.29 is 27.5 Å². The lowest BCUT2D eigenvalue weighted by atomic mass is 10.5. The van der Waals surface area contributed by atoms with Gasteiger partial charge in [-0.2, -0.15) is 13.2 Å². The first-order chi connectivity index (χ1) is 7.06. The van der Waals surface area contributed by atoms with Crippen molar-refractivity contribution in [1.29, 1.82) is 0 Å². The SMILES string of the molecule is COCCOCCCNOCC(F)(F)F. The van der Waals surface area contributed by atoms with E-state index in [4.69, 9.17) is 9.47 Å². The van der Waals surface area contributed by atoms with E-state index >= 15 is 0 Å². The standard InChI is InChI=1S/C8H16F3NO3/c1-13-5-6-14-4-2-3-12-15-7-8(9,10)11/h12H,2-7H2,1H3. The van der Waals surface area contributed by atoms with E-state index in [1.165, 1.54) is 0 Å². The molecule has 0 rings (SSSR count). The molecule has 0 heterocycles. The molecule has 7 heteroatoms. The van der Waals surface area contributed by atoms with Crippen LogP contribution in [0, 0.1) is 0 Å². The second-order valence-electron chi connectivity index (χ2n) is 2.76. The number of hydrogen-bond acceptors (Lipinski definition) is 4. The summed E-state index contributed by atoms with van der Waals surface area (Å²) in [7, 11) is 1.57. The van der Waals surface area contributed by atoms with Gasteiger partial charge >= 0.3 is 6.18 Å². The van der Waals surface area contributed by atoms with Crippen LogP contribution in [0.3, 0.4) is 0 Å². The minimum atomic E-state index is -4.29. The number of hydrogen-bond donors (Lipinski definition) is 1.